The number of carbonyl (C=O) groups excluding carboxylic acids is 1. The molecule has 2 aromatic carbocycles. The highest BCUT2D eigenvalue weighted by Crippen LogP contribution is 2.27. The molecule has 0 aliphatic heterocycles. The van der Waals surface area contributed by atoms with Crippen LogP contribution in [0.15, 0.2) is 54.7 Å². The fourth-order valence-corrected chi connectivity index (χ4v) is 2.48. The molecule has 0 fully saturated rings. The van der Waals surface area contributed by atoms with Crippen LogP contribution in [0.1, 0.15) is 16.1 Å². The lowest BCUT2D eigenvalue weighted by Crippen LogP contribution is -2.15. The lowest BCUT2D eigenvalue weighted by Gasteiger charge is -2.12. The summed E-state index contributed by atoms with van der Waals surface area (Å²) in [5.74, 6) is -0.0890. The first-order chi connectivity index (χ1) is 13.4. The Balaban J connectivity index is 1.66. The van der Waals surface area contributed by atoms with Crippen molar-refractivity contribution in [2.45, 2.75) is 20.3 Å². The number of aryl methyl sites for hydroxylation is 1. The number of amides is 1. The molecule has 0 saturated heterocycles. The van der Waals surface area contributed by atoms with Crippen molar-refractivity contribution >= 4 is 23.2 Å². The van der Waals surface area contributed by atoms with Gasteiger partial charge in [-0.25, -0.2) is 4.68 Å². The number of alkyl halides is 2. The van der Waals surface area contributed by atoms with Crippen molar-refractivity contribution in [3.8, 4) is 11.5 Å². The monoisotopic (exact) mass is 407 g/mol. The normalized spacial score (nSPS) is 10.8. The van der Waals surface area contributed by atoms with Gasteiger partial charge in [-0.15, -0.1) is 0 Å². The highest BCUT2D eigenvalue weighted by atomic mass is 35.5. The molecule has 1 amide bonds. The van der Waals surface area contributed by atoms with Crippen LogP contribution in [0.3, 0.4) is 0 Å². The Labute approximate surface area is 164 Å². The number of nitrogens with one attached hydrogen (secondary N) is 1. The van der Waals surface area contributed by atoms with Crippen molar-refractivity contribution in [2.24, 2.45) is 0 Å². The lowest BCUT2D eigenvalue weighted by molar-refractivity contribution is -0.0493. The van der Waals surface area contributed by atoms with E-state index in [-0.39, 0.29) is 23.9 Å². The Bertz CT molecular complexity index is 961. The maximum absolute atomic E-state index is 12.5. The molecule has 0 saturated carbocycles. The van der Waals surface area contributed by atoms with Crippen molar-refractivity contribution in [3.05, 3.63) is 71.0 Å². The van der Waals surface area contributed by atoms with Gasteiger partial charge in [-0.2, -0.15) is 13.9 Å². The van der Waals surface area contributed by atoms with E-state index >= 15 is 0 Å². The van der Waals surface area contributed by atoms with Gasteiger partial charge < -0.3 is 14.8 Å². The van der Waals surface area contributed by atoms with Gasteiger partial charge in [-0.3, -0.25) is 4.79 Å². The Morgan fingerprint density at radius 2 is 1.96 bits per heavy atom. The summed E-state index contributed by atoms with van der Waals surface area (Å²) in [7, 11) is 0. The fourth-order valence-electron chi connectivity index (χ4n) is 2.35. The van der Waals surface area contributed by atoms with Crippen LogP contribution in [0, 0.1) is 6.92 Å². The Kier molecular flexibility index (Phi) is 6.10. The van der Waals surface area contributed by atoms with E-state index in [0.717, 1.165) is 5.56 Å². The van der Waals surface area contributed by atoms with E-state index in [2.05, 4.69) is 15.2 Å². The average molecular weight is 408 g/mol. The number of ether oxygens (including phenoxy) is 2. The first kappa shape index (κ1) is 19.6. The topological polar surface area (TPSA) is 65.4 Å². The standard InChI is InChI=1S/C19H16ClF2N3O3/c1-12-2-7-17(28-19(21)22)16(10-12)23-18(26)15-8-9-25(24-15)11-27-14-5-3-13(20)4-6-14/h2-10,19H,11H2,1H3,(H,23,26). The molecular weight excluding hydrogens is 392 g/mol. The van der Waals surface area contributed by atoms with Gasteiger partial charge in [0.15, 0.2) is 12.4 Å². The zero-order valence-electron chi connectivity index (χ0n) is 14.7. The molecule has 3 rings (SSSR count). The number of benzene rings is 2. The van der Waals surface area contributed by atoms with Crippen LogP contribution in [-0.2, 0) is 6.73 Å². The maximum atomic E-state index is 12.5. The van der Waals surface area contributed by atoms with E-state index in [0.29, 0.717) is 10.8 Å². The molecule has 6 nitrogen and oxygen atoms in total. The van der Waals surface area contributed by atoms with Crippen LogP contribution in [0.5, 0.6) is 11.5 Å². The summed E-state index contributed by atoms with van der Waals surface area (Å²) in [5, 5.41) is 7.25. The summed E-state index contributed by atoms with van der Waals surface area (Å²) in [6, 6.07) is 12.8. The molecule has 0 atom stereocenters. The molecule has 1 heterocycles. The molecule has 0 unspecified atom stereocenters. The second kappa shape index (κ2) is 8.71. The van der Waals surface area contributed by atoms with Gasteiger partial charge in [-0.1, -0.05) is 17.7 Å². The number of hydrogen-bond acceptors (Lipinski definition) is 4. The van der Waals surface area contributed by atoms with E-state index in [9.17, 15) is 13.6 Å². The molecule has 146 valence electrons. The second-order valence-corrected chi connectivity index (χ2v) is 6.24. The van der Waals surface area contributed by atoms with Gasteiger partial charge in [-0.05, 0) is 55.0 Å². The van der Waals surface area contributed by atoms with E-state index in [1.54, 1.807) is 43.5 Å². The zero-order valence-corrected chi connectivity index (χ0v) is 15.5. The highest BCUT2D eigenvalue weighted by Gasteiger charge is 2.15. The number of anilines is 1. The quantitative estimate of drug-likeness (QED) is 0.614. The second-order valence-electron chi connectivity index (χ2n) is 5.80. The molecule has 9 heteroatoms. The number of hydrogen-bond donors (Lipinski definition) is 1. The summed E-state index contributed by atoms with van der Waals surface area (Å²) in [4.78, 5) is 12.4. The fraction of sp³-hybridized carbons (Fsp3) is 0.158. The SMILES string of the molecule is Cc1ccc(OC(F)F)c(NC(=O)c2ccn(COc3ccc(Cl)cc3)n2)c1. The van der Waals surface area contributed by atoms with Gasteiger partial charge >= 0.3 is 6.61 Å². The van der Waals surface area contributed by atoms with Crippen LogP contribution < -0.4 is 14.8 Å². The number of nitrogens with zero attached hydrogens (tertiary/aromatic N) is 2. The molecule has 28 heavy (non-hydrogen) atoms. The molecule has 1 aromatic heterocycles. The highest BCUT2D eigenvalue weighted by molar-refractivity contribution is 6.30. The number of carbonyl (C=O) groups is 1. The third kappa shape index (κ3) is 5.20. The molecule has 0 bridgehead atoms. The first-order valence-corrected chi connectivity index (χ1v) is 8.57. The Hall–Kier alpha value is -3.13. The van der Waals surface area contributed by atoms with Crippen LogP contribution in [0.4, 0.5) is 14.5 Å². The molecule has 3 aromatic rings. The van der Waals surface area contributed by atoms with Crippen LogP contribution >= 0.6 is 11.6 Å². The zero-order chi connectivity index (χ0) is 20.1. The van der Waals surface area contributed by atoms with E-state index < -0.39 is 12.5 Å². The minimum absolute atomic E-state index is 0.0824. The summed E-state index contributed by atoms with van der Waals surface area (Å²) in [6.07, 6.45) is 1.57. The van der Waals surface area contributed by atoms with Crippen LogP contribution in [0.2, 0.25) is 5.02 Å². The van der Waals surface area contributed by atoms with Gasteiger partial charge in [0.1, 0.15) is 11.5 Å². The minimum atomic E-state index is -3.00. The number of rotatable bonds is 7. The summed E-state index contributed by atoms with van der Waals surface area (Å²) < 4.78 is 36.5. The minimum Gasteiger partial charge on any atom is -0.471 e. The molecule has 1 N–H and O–H groups in total. The molecule has 0 radical (unpaired) electrons. The first-order valence-electron chi connectivity index (χ1n) is 8.19. The smallest absolute Gasteiger partial charge is 0.387 e. The Morgan fingerprint density at radius 1 is 1.21 bits per heavy atom. The van der Waals surface area contributed by atoms with Crippen LogP contribution in [0.25, 0.3) is 0 Å². The predicted octanol–water partition coefficient (Wildman–Crippen LogP) is 4.74. The van der Waals surface area contributed by atoms with E-state index in [1.807, 2.05) is 0 Å². The predicted molar refractivity (Wildman–Crippen MR) is 100 cm³/mol. The summed E-state index contributed by atoms with van der Waals surface area (Å²) in [5.41, 5.74) is 1.01. The van der Waals surface area contributed by atoms with Crippen molar-refractivity contribution < 1.29 is 23.0 Å². The van der Waals surface area contributed by atoms with Crippen molar-refractivity contribution in [3.63, 3.8) is 0 Å². The third-order valence-corrected chi connectivity index (χ3v) is 3.90. The van der Waals surface area contributed by atoms with Crippen molar-refractivity contribution in [1.82, 2.24) is 9.78 Å². The average Bonchev–Trinajstić information content (AvgIpc) is 3.12. The summed E-state index contributed by atoms with van der Waals surface area (Å²) in [6.45, 7) is -1.15. The molecule has 0 aliphatic carbocycles. The Morgan fingerprint density at radius 3 is 2.68 bits per heavy atom. The maximum Gasteiger partial charge on any atom is 0.387 e. The van der Waals surface area contributed by atoms with E-state index in [1.165, 1.54) is 22.9 Å². The number of halogens is 3. The molecular formula is C19H16ClF2N3O3. The third-order valence-electron chi connectivity index (χ3n) is 3.65. The molecule has 0 aliphatic rings. The van der Waals surface area contributed by atoms with E-state index in [4.69, 9.17) is 16.3 Å². The van der Waals surface area contributed by atoms with Gasteiger partial charge in [0.2, 0.25) is 0 Å². The van der Waals surface area contributed by atoms with Crippen LogP contribution in [-0.4, -0.2) is 22.3 Å². The molecule has 0 spiro atoms. The summed E-state index contributed by atoms with van der Waals surface area (Å²) >= 11 is 5.81. The van der Waals surface area contributed by atoms with Crippen molar-refractivity contribution in [1.29, 1.82) is 0 Å². The van der Waals surface area contributed by atoms with Gasteiger partial charge in [0, 0.05) is 11.2 Å². The number of aromatic nitrogens is 2. The van der Waals surface area contributed by atoms with Gasteiger partial charge in [0.25, 0.3) is 5.91 Å². The largest absolute Gasteiger partial charge is 0.471 e. The van der Waals surface area contributed by atoms with Gasteiger partial charge in [0.05, 0.1) is 5.69 Å². The lowest BCUT2D eigenvalue weighted by atomic mass is 10.2. The van der Waals surface area contributed by atoms with Crippen molar-refractivity contribution in [2.75, 3.05) is 5.32 Å².